The van der Waals surface area contributed by atoms with E-state index in [1.807, 2.05) is 0 Å². The normalized spacial score (nSPS) is 17.1. The lowest BCUT2D eigenvalue weighted by atomic mass is 10.1. The summed E-state index contributed by atoms with van der Waals surface area (Å²) in [6.07, 6.45) is 9.24. The van der Waals surface area contributed by atoms with Crippen molar-refractivity contribution < 1.29 is 19.0 Å². The van der Waals surface area contributed by atoms with Gasteiger partial charge in [-0.05, 0) is 49.5 Å². The minimum absolute atomic E-state index is 0.135. The SMILES string of the molecule is O=C(O)/C=C/c1cc(F)cc(OC2CCCCCC2)c1. The summed E-state index contributed by atoms with van der Waals surface area (Å²) >= 11 is 0. The van der Waals surface area contributed by atoms with Gasteiger partial charge in [-0.15, -0.1) is 0 Å². The topological polar surface area (TPSA) is 46.5 Å². The summed E-state index contributed by atoms with van der Waals surface area (Å²) < 4.78 is 19.4. The van der Waals surface area contributed by atoms with Crippen molar-refractivity contribution in [3.8, 4) is 5.75 Å². The largest absolute Gasteiger partial charge is 0.490 e. The van der Waals surface area contributed by atoms with Crippen LogP contribution >= 0.6 is 0 Å². The van der Waals surface area contributed by atoms with E-state index < -0.39 is 11.8 Å². The molecule has 20 heavy (non-hydrogen) atoms. The number of ether oxygens (including phenoxy) is 1. The molecular weight excluding hydrogens is 259 g/mol. The van der Waals surface area contributed by atoms with Crippen molar-refractivity contribution >= 4 is 12.0 Å². The molecule has 0 atom stereocenters. The van der Waals surface area contributed by atoms with Crippen molar-refractivity contribution in [2.75, 3.05) is 0 Å². The van der Waals surface area contributed by atoms with Crippen LogP contribution in [-0.2, 0) is 4.79 Å². The Balaban J connectivity index is 2.08. The third-order valence-electron chi connectivity index (χ3n) is 3.42. The number of aliphatic carboxylic acids is 1. The van der Waals surface area contributed by atoms with Gasteiger partial charge in [-0.3, -0.25) is 0 Å². The molecule has 1 aliphatic rings. The standard InChI is InChI=1S/C16H19FO3/c17-13-9-12(7-8-16(18)19)10-15(11-13)20-14-5-3-1-2-4-6-14/h7-11,14H,1-6H2,(H,18,19)/b8-7+. The Bertz CT molecular complexity index is 488. The van der Waals surface area contributed by atoms with Gasteiger partial charge in [0.25, 0.3) is 0 Å². The van der Waals surface area contributed by atoms with E-state index in [0.29, 0.717) is 11.3 Å². The molecule has 2 rings (SSSR count). The molecule has 1 aromatic rings. The second-order valence-corrected chi connectivity index (χ2v) is 5.12. The molecule has 0 aliphatic heterocycles. The number of rotatable bonds is 4. The second kappa shape index (κ2) is 7.08. The molecule has 108 valence electrons. The van der Waals surface area contributed by atoms with E-state index in [0.717, 1.165) is 31.8 Å². The highest BCUT2D eigenvalue weighted by molar-refractivity contribution is 5.85. The first-order valence-electron chi connectivity index (χ1n) is 7.02. The third-order valence-corrected chi connectivity index (χ3v) is 3.42. The van der Waals surface area contributed by atoms with Crippen molar-refractivity contribution in [2.45, 2.75) is 44.6 Å². The molecule has 1 N–H and O–H groups in total. The Labute approximate surface area is 118 Å². The monoisotopic (exact) mass is 278 g/mol. The molecular formula is C16H19FO3. The van der Waals surface area contributed by atoms with Gasteiger partial charge in [0.15, 0.2) is 0 Å². The number of halogens is 1. The molecule has 0 unspecified atom stereocenters. The van der Waals surface area contributed by atoms with Crippen molar-refractivity contribution in [3.05, 3.63) is 35.7 Å². The van der Waals surface area contributed by atoms with Crippen LogP contribution in [-0.4, -0.2) is 17.2 Å². The number of carboxylic acid groups (broad SMARTS) is 1. The van der Waals surface area contributed by atoms with E-state index in [4.69, 9.17) is 9.84 Å². The quantitative estimate of drug-likeness (QED) is 0.668. The molecule has 4 heteroatoms. The van der Waals surface area contributed by atoms with E-state index in [1.165, 1.54) is 31.1 Å². The molecule has 0 amide bonds. The average molecular weight is 278 g/mol. The number of carbonyl (C=O) groups is 1. The first-order chi connectivity index (χ1) is 9.63. The highest BCUT2D eigenvalue weighted by Crippen LogP contribution is 2.24. The van der Waals surface area contributed by atoms with Crippen LogP contribution in [0.15, 0.2) is 24.3 Å². The van der Waals surface area contributed by atoms with E-state index >= 15 is 0 Å². The smallest absolute Gasteiger partial charge is 0.328 e. The van der Waals surface area contributed by atoms with Gasteiger partial charge in [0, 0.05) is 12.1 Å². The van der Waals surface area contributed by atoms with Crippen LogP contribution in [0.2, 0.25) is 0 Å². The van der Waals surface area contributed by atoms with E-state index in [1.54, 1.807) is 6.07 Å². The van der Waals surface area contributed by atoms with Crippen LogP contribution in [0, 0.1) is 5.82 Å². The molecule has 1 aromatic carbocycles. The number of hydrogen-bond acceptors (Lipinski definition) is 2. The van der Waals surface area contributed by atoms with Gasteiger partial charge in [-0.2, -0.15) is 0 Å². The fourth-order valence-corrected chi connectivity index (χ4v) is 2.47. The van der Waals surface area contributed by atoms with Crippen LogP contribution in [0.3, 0.4) is 0 Å². The fourth-order valence-electron chi connectivity index (χ4n) is 2.47. The molecule has 1 saturated carbocycles. The number of hydrogen-bond donors (Lipinski definition) is 1. The lowest BCUT2D eigenvalue weighted by molar-refractivity contribution is -0.131. The lowest BCUT2D eigenvalue weighted by Crippen LogP contribution is -2.15. The zero-order valence-corrected chi connectivity index (χ0v) is 11.3. The molecule has 0 saturated heterocycles. The molecule has 0 heterocycles. The molecule has 0 spiro atoms. The Hall–Kier alpha value is -1.84. The average Bonchev–Trinajstić information content (AvgIpc) is 2.64. The molecule has 0 radical (unpaired) electrons. The van der Waals surface area contributed by atoms with Crippen LogP contribution in [0.5, 0.6) is 5.75 Å². The van der Waals surface area contributed by atoms with E-state index in [2.05, 4.69) is 0 Å². The van der Waals surface area contributed by atoms with Gasteiger partial charge >= 0.3 is 5.97 Å². The minimum Gasteiger partial charge on any atom is -0.490 e. The van der Waals surface area contributed by atoms with Gasteiger partial charge in [-0.1, -0.05) is 12.8 Å². The van der Waals surface area contributed by atoms with Crippen LogP contribution in [0.1, 0.15) is 44.1 Å². The highest BCUT2D eigenvalue weighted by Gasteiger charge is 2.14. The van der Waals surface area contributed by atoms with E-state index in [9.17, 15) is 9.18 Å². The second-order valence-electron chi connectivity index (χ2n) is 5.12. The Morgan fingerprint density at radius 3 is 2.55 bits per heavy atom. The van der Waals surface area contributed by atoms with Gasteiger partial charge in [-0.25, -0.2) is 9.18 Å². The molecule has 1 aliphatic carbocycles. The third kappa shape index (κ3) is 4.68. The van der Waals surface area contributed by atoms with Gasteiger partial charge in [0.2, 0.25) is 0 Å². The van der Waals surface area contributed by atoms with Crippen LogP contribution in [0.25, 0.3) is 6.08 Å². The Kier molecular flexibility index (Phi) is 5.16. The van der Waals surface area contributed by atoms with Crippen molar-refractivity contribution in [1.29, 1.82) is 0 Å². The highest BCUT2D eigenvalue weighted by atomic mass is 19.1. The van der Waals surface area contributed by atoms with Crippen LogP contribution in [0.4, 0.5) is 4.39 Å². The first kappa shape index (κ1) is 14.6. The summed E-state index contributed by atoms with van der Waals surface area (Å²) in [6.45, 7) is 0. The maximum atomic E-state index is 13.5. The Morgan fingerprint density at radius 2 is 1.90 bits per heavy atom. The van der Waals surface area contributed by atoms with Crippen molar-refractivity contribution in [1.82, 2.24) is 0 Å². The zero-order chi connectivity index (χ0) is 14.4. The summed E-state index contributed by atoms with van der Waals surface area (Å²) in [5.41, 5.74) is 0.496. The summed E-state index contributed by atoms with van der Waals surface area (Å²) in [5, 5.41) is 8.59. The number of benzene rings is 1. The fraction of sp³-hybridized carbons (Fsp3) is 0.438. The summed E-state index contributed by atoms with van der Waals surface area (Å²) in [4.78, 5) is 10.5. The first-order valence-corrected chi connectivity index (χ1v) is 7.02. The molecule has 0 bridgehead atoms. The van der Waals surface area contributed by atoms with Gasteiger partial charge in [0.05, 0.1) is 6.10 Å². The van der Waals surface area contributed by atoms with Crippen molar-refractivity contribution in [3.63, 3.8) is 0 Å². The summed E-state index contributed by atoms with van der Waals surface area (Å²) in [6, 6.07) is 4.32. The van der Waals surface area contributed by atoms with E-state index in [-0.39, 0.29) is 6.10 Å². The maximum absolute atomic E-state index is 13.5. The number of carboxylic acids is 1. The lowest BCUT2D eigenvalue weighted by Gasteiger charge is -2.17. The predicted molar refractivity (Wildman–Crippen MR) is 75.2 cm³/mol. The maximum Gasteiger partial charge on any atom is 0.328 e. The zero-order valence-electron chi connectivity index (χ0n) is 11.3. The van der Waals surface area contributed by atoms with Crippen LogP contribution < -0.4 is 4.74 Å². The van der Waals surface area contributed by atoms with Gasteiger partial charge in [0.1, 0.15) is 11.6 Å². The minimum atomic E-state index is -1.06. The Morgan fingerprint density at radius 1 is 1.20 bits per heavy atom. The molecule has 3 nitrogen and oxygen atoms in total. The summed E-state index contributed by atoms with van der Waals surface area (Å²) in [5.74, 6) is -0.997. The summed E-state index contributed by atoms with van der Waals surface area (Å²) in [7, 11) is 0. The molecule has 1 fully saturated rings. The molecule has 0 aromatic heterocycles. The predicted octanol–water partition coefficient (Wildman–Crippen LogP) is 4.03. The van der Waals surface area contributed by atoms with Gasteiger partial charge < -0.3 is 9.84 Å². The van der Waals surface area contributed by atoms with Crippen molar-refractivity contribution in [2.24, 2.45) is 0 Å².